The molecule has 0 aromatic rings. The lowest BCUT2D eigenvalue weighted by Crippen LogP contribution is -2.16. The molecule has 0 aromatic carbocycles. The summed E-state index contributed by atoms with van der Waals surface area (Å²) in [6.45, 7) is 11.1. The largest absolute Gasteiger partial charge is 0.462 e. The van der Waals surface area contributed by atoms with Gasteiger partial charge in [0.05, 0.1) is 6.61 Å². The Morgan fingerprint density at radius 3 is 1.94 bits per heavy atom. The van der Waals surface area contributed by atoms with Crippen molar-refractivity contribution >= 4 is 11.8 Å². The van der Waals surface area contributed by atoms with Crippen molar-refractivity contribution in [3.05, 3.63) is 23.3 Å². The highest BCUT2D eigenvalue weighted by Gasteiger charge is 2.38. The topological polar surface area (TPSA) is 43.4 Å². The van der Waals surface area contributed by atoms with E-state index in [-0.39, 0.29) is 11.9 Å². The molecular weight excluding hydrogens is 420 g/mol. The molecule has 0 heterocycles. The number of hydrogen-bond donors (Lipinski definition) is 0. The molecule has 3 heteroatoms. The first-order chi connectivity index (χ1) is 16.5. The summed E-state index contributed by atoms with van der Waals surface area (Å²) in [5.41, 5.74) is 2.83. The van der Waals surface area contributed by atoms with Crippen molar-refractivity contribution in [1.82, 2.24) is 0 Å². The van der Waals surface area contributed by atoms with Gasteiger partial charge in [0.15, 0.2) is 5.78 Å². The van der Waals surface area contributed by atoms with Crippen LogP contribution < -0.4 is 0 Å². The van der Waals surface area contributed by atoms with Gasteiger partial charge in [0, 0.05) is 12.0 Å². The zero-order chi connectivity index (χ0) is 24.8. The minimum atomic E-state index is -0.228. The summed E-state index contributed by atoms with van der Waals surface area (Å²) >= 11 is 0. The first-order valence-electron chi connectivity index (χ1n) is 14.5. The summed E-state index contributed by atoms with van der Waals surface area (Å²) in [7, 11) is 0. The van der Waals surface area contributed by atoms with Gasteiger partial charge in [-0.15, -0.1) is 0 Å². The van der Waals surface area contributed by atoms with Crippen LogP contribution in [0.2, 0.25) is 0 Å². The minimum Gasteiger partial charge on any atom is -0.462 e. The first kappa shape index (κ1) is 28.9. The maximum atomic E-state index is 12.6. The molecule has 0 saturated heterocycles. The van der Waals surface area contributed by atoms with Crippen molar-refractivity contribution in [2.24, 2.45) is 17.8 Å². The fraction of sp³-hybridized carbons (Fsp3) is 0.806. The van der Waals surface area contributed by atoms with Gasteiger partial charge in [-0.25, -0.2) is 4.79 Å². The fourth-order valence-corrected chi connectivity index (χ4v) is 5.83. The molecular formula is C31H52O3. The predicted molar refractivity (Wildman–Crippen MR) is 143 cm³/mol. The second kappa shape index (κ2) is 16.3. The van der Waals surface area contributed by atoms with Crippen molar-refractivity contribution < 1.29 is 14.3 Å². The van der Waals surface area contributed by atoms with Crippen LogP contribution >= 0.6 is 0 Å². The zero-order valence-corrected chi connectivity index (χ0v) is 22.6. The highest BCUT2D eigenvalue weighted by atomic mass is 16.5. The van der Waals surface area contributed by atoms with E-state index in [9.17, 15) is 9.59 Å². The predicted octanol–water partition coefficient (Wildman–Crippen LogP) is 8.91. The molecule has 0 spiro atoms. The molecule has 0 radical (unpaired) electrons. The highest BCUT2D eigenvalue weighted by Crippen LogP contribution is 2.45. The first-order valence-corrected chi connectivity index (χ1v) is 14.5. The second-order valence-electron chi connectivity index (χ2n) is 11.1. The highest BCUT2D eigenvalue weighted by molar-refractivity contribution is 5.98. The summed E-state index contributed by atoms with van der Waals surface area (Å²) in [4.78, 5) is 24.8. The second-order valence-corrected chi connectivity index (χ2v) is 11.1. The average molecular weight is 473 g/mol. The number of fused-ring (bicyclic) bond motifs is 1. The van der Waals surface area contributed by atoms with E-state index in [0.29, 0.717) is 36.2 Å². The summed E-state index contributed by atoms with van der Waals surface area (Å²) in [6.07, 6.45) is 22.0. The van der Waals surface area contributed by atoms with E-state index in [0.717, 1.165) is 37.7 Å². The third-order valence-electron chi connectivity index (χ3n) is 8.36. The van der Waals surface area contributed by atoms with Crippen molar-refractivity contribution in [3.63, 3.8) is 0 Å². The van der Waals surface area contributed by atoms with Crippen LogP contribution in [-0.2, 0) is 14.3 Å². The van der Waals surface area contributed by atoms with E-state index in [2.05, 4.69) is 20.4 Å². The monoisotopic (exact) mass is 472 g/mol. The molecule has 0 amide bonds. The number of hydrogen-bond acceptors (Lipinski definition) is 3. The lowest BCUT2D eigenvalue weighted by Gasteiger charge is -2.19. The zero-order valence-electron chi connectivity index (χ0n) is 22.6. The fourth-order valence-electron chi connectivity index (χ4n) is 5.83. The lowest BCUT2D eigenvalue weighted by atomic mass is 9.86. The Morgan fingerprint density at radius 1 is 0.853 bits per heavy atom. The standard InChI is InChI=1S/C31H52O3/c1-5-6-7-8-9-10-11-12-13-14-15-16-17-18-21-34-31(33)25(3)27-20-19-24(2)28-23-30(32)26(4)29(28)22-27/h24,27-28H,3,5-23H2,1-2,4H3/t24?,27-,28?/m0/s1. The van der Waals surface area contributed by atoms with Gasteiger partial charge in [0.1, 0.15) is 0 Å². The molecule has 34 heavy (non-hydrogen) atoms. The normalized spacial score (nSPS) is 22.6. The van der Waals surface area contributed by atoms with Gasteiger partial charge in [0.25, 0.3) is 0 Å². The number of carbonyl (C=O) groups is 2. The Morgan fingerprint density at radius 2 is 1.38 bits per heavy atom. The van der Waals surface area contributed by atoms with Gasteiger partial charge < -0.3 is 4.74 Å². The van der Waals surface area contributed by atoms with Crippen molar-refractivity contribution in [3.8, 4) is 0 Å². The Bertz CT molecular complexity index is 674. The number of carbonyl (C=O) groups excluding carboxylic acids is 2. The summed E-state index contributed by atoms with van der Waals surface area (Å²) in [5.74, 6) is 1.05. The maximum absolute atomic E-state index is 12.6. The summed E-state index contributed by atoms with van der Waals surface area (Å²) in [5, 5.41) is 0. The van der Waals surface area contributed by atoms with E-state index < -0.39 is 0 Å². The Hall–Kier alpha value is -1.38. The van der Waals surface area contributed by atoms with E-state index in [1.54, 1.807) is 0 Å². The van der Waals surface area contributed by atoms with E-state index in [1.165, 1.54) is 82.6 Å². The molecule has 2 aliphatic rings. The van der Waals surface area contributed by atoms with Crippen molar-refractivity contribution in [2.45, 2.75) is 136 Å². The molecule has 2 rings (SSSR count). The Labute approximate surface area is 210 Å². The Balaban J connectivity index is 1.51. The number of unbranched alkanes of at least 4 members (excludes halogenated alkanes) is 13. The van der Waals surface area contributed by atoms with Crippen LogP contribution in [0.15, 0.2) is 23.3 Å². The van der Waals surface area contributed by atoms with Crippen LogP contribution in [0, 0.1) is 17.8 Å². The van der Waals surface area contributed by atoms with Crippen molar-refractivity contribution in [1.29, 1.82) is 0 Å². The van der Waals surface area contributed by atoms with E-state index in [4.69, 9.17) is 4.74 Å². The van der Waals surface area contributed by atoms with Gasteiger partial charge >= 0.3 is 5.97 Å². The summed E-state index contributed by atoms with van der Waals surface area (Å²) < 4.78 is 5.57. The third kappa shape index (κ3) is 9.70. The summed E-state index contributed by atoms with van der Waals surface area (Å²) in [6, 6.07) is 0. The van der Waals surface area contributed by atoms with Crippen LogP contribution in [-0.4, -0.2) is 18.4 Å². The van der Waals surface area contributed by atoms with Gasteiger partial charge in [-0.1, -0.05) is 109 Å². The molecule has 0 N–H and O–H groups in total. The number of ether oxygens (including phenoxy) is 1. The third-order valence-corrected chi connectivity index (χ3v) is 8.36. The van der Waals surface area contributed by atoms with Crippen LogP contribution in [0.5, 0.6) is 0 Å². The molecule has 1 saturated carbocycles. The molecule has 0 bridgehead atoms. The number of allylic oxidation sites excluding steroid dienone is 2. The minimum absolute atomic E-state index is 0.118. The quantitative estimate of drug-likeness (QED) is 0.121. The van der Waals surface area contributed by atoms with Gasteiger partial charge in [-0.05, 0) is 55.9 Å². The van der Waals surface area contributed by atoms with Crippen LogP contribution in [0.4, 0.5) is 0 Å². The van der Waals surface area contributed by atoms with E-state index >= 15 is 0 Å². The van der Waals surface area contributed by atoms with Gasteiger partial charge in [-0.2, -0.15) is 0 Å². The molecule has 0 aliphatic heterocycles. The number of Topliss-reactive ketones (excluding diaryl/α,β-unsaturated/α-hetero) is 1. The molecule has 3 nitrogen and oxygen atoms in total. The lowest BCUT2D eigenvalue weighted by molar-refractivity contribution is -0.139. The molecule has 0 aromatic heterocycles. The van der Waals surface area contributed by atoms with Gasteiger partial charge in [0.2, 0.25) is 0 Å². The number of esters is 1. The van der Waals surface area contributed by atoms with Crippen LogP contribution in [0.3, 0.4) is 0 Å². The van der Waals surface area contributed by atoms with Crippen LogP contribution in [0.1, 0.15) is 136 Å². The Kier molecular flexibility index (Phi) is 13.9. The number of ketones is 1. The SMILES string of the molecule is C=C(C(=O)OCCCCCCCCCCCCCCCC)[C@H]1CCC(C)C2CC(=O)C(C)=C2C1. The van der Waals surface area contributed by atoms with Gasteiger partial charge in [-0.3, -0.25) is 4.79 Å². The molecule has 1 fully saturated rings. The van der Waals surface area contributed by atoms with Crippen LogP contribution in [0.25, 0.3) is 0 Å². The maximum Gasteiger partial charge on any atom is 0.333 e. The molecule has 3 atom stereocenters. The molecule has 2 aliphatic carbocycles. The molecule has 2 unspecified atom stereocenters. The van der Waals surface area contributed by atoms with E-state index in [1.807, 2.05) is 6.92 Å². The number of rotatable bonds is 17. The smallest absolute Gasteiger partial charge is 0.333 e. The molecule has 194 valence electrons. The average Bonchev–Trinajstić information content (AvgIpc) is 3.00. The van der Waals surface area contributed by atoms with Crippen molar-refractivity contribution in [2.75, 3.05) is 6.61 Å².